The highest BCUT2D eigenvalue weighted by molar-refractivity contribution is 5.86. The van der Waals surface area contributed by atoms with Crippen molar-refractivity contribution in [3.63, 3.8) is 0 Å². The SMILES string of the molecule is C=CCNC(=O)Cn1nccc1C(=O)O. The Morgan fingerprint density at radius 2 is 2.40 bits per heavy atom. The van der Waals surface area contributed by atoms with Crippen LogP contribution in [0.5, 0.6) is 0 Å². The molecule has 0 saturated heterocycles. The van der Waals surface area contributed by atoms with Crippen LogP contribution in [0.15, 0.2) is 24.9 Å². The maximum Gasteiger partial charge on any atom is 0.354 e. The van der Waals surface area contributed by atoms with Crippen molar-refractivity contribution in [2.24, 2.45) is 0 Å². The van der Waals surface area contributed by atoms with Gasteiger partial charge in [0.25, 0.3) is 0 Å². The lowest BCUT2D eigenvalue weighted by Gasteiger charge is -2.04. The van der Waals surface area contributed by atoms with Gasteiger partial charge in [0.2, 0.25) is 5.91 Å². The highest BCUT2D eigenvalue weighted by atomic mass is 16.4. The molecule has 0 spiro atoms. The number of aromatic nitrogens is 2. The van der Waals surface area contributed by atoms with E-state index in [-0.39, 0.29) is 18.1 Å². The molecule has 0 saturated carbocycles. The monoisotopic (exact) mass is 209 g/mol. The van der Waals surface area contributed by atoms with Gasteiger partial charge in [0.05, 0.1) is 0 Å². The lowest BCUT2D eigenvalue weighted by atomic mass is 10.4. The van der Waals surface area contributed by atoms with Crippen molar-refractivity contribution in [3.8, 4) is 0 Å². The summed E-state index contributed by atoms with van der Waals surface area (Å²) in [7, 11) is 0. The molecular weight excluding hydrogens is 198 g/mol. The molecule has 0 aromatic carbocycles. The highest BCUT2D eigenvalue weighted by Gasteiger charge is 2.12. The van der Waals surface area contributed by atoms with Gasteiger partial charge in [0.1, 0.15) is 12.2 Å². The first-order valence-electron chi connectivity index (χ1n) is 4.28. The molecule has 0 atom stereocenters. The zero-order chi connectivity index (χ0) is 11.3. The Hall–Kier alpha value is -2.11. The number of carboxylic acids is 1. The lowest BCUT2D eigenvalue weighted by Crippen LogP contribution is -2.29. The van der Waals surface area contributed by atoms with Gasteiger partial charge in [-0.05, 0) is 6.07 Å². The Morgan fingerprint density at radius 1 is 1.67 bits per heavy atom. The summed E-state index contributed by atoms with van der Waals surface area (Å²) in [4.78, 5) is 21.9. The fourth-order valence-corrected chi connectivity index (χ4v) is 1.02. The minimum Gasteiger partial charge on any atom is -0.477 e. The summed E-state index contributed by atoms with van der Waals surface area (Å²) in [6.45, 7) is 3.69. The number of rotatable bonds is 5. The van der Waals surface area contributed by atoms with Crippen molar-refractivity contribution in [2.45, 2.75) is 6.54 Å². The van der Waals surface area contributed by atoms with E-state index in [9.17, 15) is 9.59 Å². The molecular formula is C9H11N3O3. The molecule has 0 radical (unpaired) electrons. The smallest absolute Gasteiger partial charge is 0.354 e. The van der Waals surface area contributed by atoms with Crippen LogP contribution in [-0.4, -0.2) is 33.3 Å². The van der Waals surface area contributed by atoms with Crippen molar-refractivity contribution < 1.29 is 14.7 Å². The summed E-state index contributed by atoms with van der Waals surface area (Å²) in [5.74, 6) is -1.41. The first kappa shape index (κ1) is 11.0. The number of hydrogen-bond donors (Lipinski definition) is 2. The van der Waals surface area contributed by atoms with Crippen LogP contribution >= 0.6 is 0 Å². The topological polar surface area (TPSA) is 84.2 Å². The Bertz CT molecular complexity index is 384. The predicted molar refractivity (Wildman–Crippen MR) is 52.4 cm³/mol. The second kappa shape index (κ2) is 4.94. The van der Waals surface area contributed by atoms with E-state index in [0.29, 0.717) is 6.54 Å². The van der Waals surface area contributed by atoms with Crippen molar-refractivity contribution in [1.82, 2.24) is 15.1 Å². The summed E-state index contributed by atoms with van der Waals surface area (Å²) in [6.07, 6.45) is 2.88. The van der Waals surface area contributed by atoms with Gasteiger partial charge in [-0.1, -0.05) is 6.08 Å². The van der Waals surface area contributed by atoms with Crippen molar-refractivity contribution in [1.29, 1.82) is 0 Å². The van der Waals surface area contributed by atoms with E-state index in [0.717, 1.165) is 4.68 Å². The van der Waals surface area contributed by atoms with Crippen molar-refractivity contribution >= 4 is 11.9 Å². The number of carbonyl (C=O) groups excluding carboxylic acids is 1. The minimum absolute atomic E-state index is 0.0104. The van der Waals surface area contributed by atoms with Gasteiger partial charge in [-0.2, -0.15) is 5.10 Å². The van der Waals surface area contributed by atoms with Crippen molar-refractivity contribution in [2.75, 3.05) is 6.54 Å². The van der Waals surface area contributed by atoms with Gasteiger partial charge in [0.15, 0.2) is 0 Å². The van der Waals surface area contributed by atoms with Gasteiger partial charge in [-0.25, -0.2) is 9.48 Å². The van der Waals surface area contributed by atoms with Crippen LogP contribution < -0.4 is 5.32 Å². The molecule has 0 bridgehead atoms. The number of aromatic carboxylic acids is 1. The van der Waals surface area contributed by atoms with E-state index in [1.54, 1.807) is 6.08 Å². The molecule has 80 valence electrons. The average molecular weight is 209 g/mol. The highest BCUT2D eigenvalue weighted by Crippen LogP contribution is 1.98. The van der Waals surface area contributed by atoms with Crippen LogP contribution in [0.25, 0.3) is 0 Å². The third-order valence-electron chi connectivity index (χ3n) is 1.67. The van der Waals surface area contributed by atoms with Crippen LogP contribution in [-0.2, 0) is 11.3 Å². The molecule has 0 fully saturated rings. The maximum atomic E-state index is 11.2. The first-order chi connectivity index (χ1) is 7.15. The zero-order valence-electron chi connectivity index (χ0n) is 8.01. The Labute approximate surface area is 86.2 Å². The normalized spacial score (nSPS) is 9.60. The molecule has 0 aliphatic heterocycles. The Balaban J connectivity index is 2.64. The van der Waals surface area contributed by atoms with Crippen LogP contribution in [0.2, 0.25) is 0 Å². The molecule has 1 aromatic rings. The van der Waals surface area contributed by atoms with Gasteiger partial charge < -0.3 is 10.4 Å². The van der Waals surface area contributed by atoms with Crippen LogP contribution in [0.4, 0.5) is 0 Å². The van der Waals surface area contributed by atoms with Gasteiger partial charge >= 0.3 is 5.97 Å². The molecule has 6 heteroatoms. The second-order valence-electron chi connectivity index (χ2n) is 2.77. The summed E-state index contributed by atoms with van der Waals surface area (Å²) < 4.78 is 1.13. The molecule has 1 amide bonds. The largest absolute Gasteiger partial charge is 0.477 e. The van der Waals surface area contributed by atoms with E-state index in [1.807, 2.05) is 0 Å². The number of carboxylic acid groups (broad SMARTS) is 1. The van der Waals surface area contributed by atoms with E-state index in [2.05, 4.69) is 17.0 Å². The van der Waals surface area contributed by atoms with Crippen molar-refractivity contribution in [3.05, 3.63) is 30.6 Å². The summed E-state index contributed by atoms with van der Waals surface area (Å²) in [6, 6.07) is 1.34. The second-order valence-corrected chi connectivity index (χ2v) is 2.77. The fraction of sp³-hybridized carbons (Fsp3) is 0.222. The number of carbonyl (C=O) groups is 2. The van der Waals surface area contributed by atoms with Gasteiger partial charge in [-0.3, -0.25) is 4.79 Å². The Kier molecular flexibility index (Phi) is 3.61. The van der Waals surface area contributed by atoms with Gasteiger partial charge in [-0.15, -0.1) is 6.58 Å². The molecule has 0 aliphatic rings. The van der Waals surface area contributed by atoms with Crippen LogP contribution in [0, 0.1) is 0 Å². The molecule has 0 aliphatic carbocycles. The molecule has 0 unspecified atom stereocenters. The standard InChI is InChI=1S/C9H11N3O3/c1-2-4-10-8(13)6-12-7(9(14)15)3-5-11-12/h2-3,5H,1,4,6H2,(H,10,13)(H,14,15). The maximum absolute atomic E-state index is 11.2. The van der Waals surface area contributed by atoms with Crippen LogP contribution in [0.1, 0.15) is 10.5 Å². The summed E-state index contributed by atoms with van der Waals surface area (Å²) >= 11 is 0. The fourth-order valence-electron chi connectivity index (χ4n) is 1.02. The molecule has 1 heterocycles. The number of nitrogens with one attached hydrogen (secondary N) is 1. The predicted octanol–water partition coefficient (Wildman–Crippen LogP) is -0.117. The van der Waals surface area contributed by atoms with E-state index < -0.39 is 5.97 Å². The van der Waals surface area contributed by atoms with E-state index in [4.69, 9.17) is 5.11 Å². The zero-order valence-corrected chi connectivity index (χ0v) is 8.01. The number of amides is 1. The minimum atomic E-state index is -1.11. The third-order valence-corrected chi connectivity index (χ3v) is 1.67. The molecule has 2 N–H and O–H groups in total. The average Bonchev–Trinajstić information content (AvgIpc) is 2.62. The van der Waals surface area contributed by atoms with E-state index in [1.165, 1.54) is 12.3 Å². The van der Waals surface area contributed by atoms with E-state index >= 15 is 0 Å². The number of hydrogen-bond acceptors (Lipinski definition) is 3. The molecule has 1 rings (SSSR count). The Morgan fingerprint density at radius 3 is 3.00 bits per heavy atom. The lowest BCUT2D eigenvalue weighted by molar-refractivity contribution is -0.121. The summed E-state index contributed by atoms with van der Waals surface area (Å²) in [5, 5.41) is 15.0. The summed E-state index contributed by atoms with van der Waals surface area (Å²) in [5.41, 5.74) is -0.0104. The molecule has 6 nitrogen and oxygen atoms in total. The quantitative estimate of drug-likeness (QED) is 0.662. The van der Waals surface area contributed by atoms with Crippen LogP contribution in [0.3, 0.4) is 0 Å². The third kappa shape index (κ3) is 2.94. The number of nitrogens with zero attached hydrogens (tertiary/aromatic N) is 2. The molecule has 15 heavy (non-hydrogen) atoms. The molecule has 1 aromatic heterocycles. The first-order valence-corrected chi connectivity index (χ1v) is 4.28. The van der Waals surface area contributed by atoms with Gasteiger partial charge in [0, 0.05) is 12.7 Å².